The number of nitrogens with zero attached hydrogens (tertiary/aromatic N) is 3. The molecule has 0 amide bonds. The zero-order valence-electron chi connectivity index (χ0n) is 9.63. The molecule has 0 radical (unpaired) electrons. The van der Waals surface area contributed by atoms with Crippen molar-refractivity contribution in [3.05, 3.63) is 57.8 Å². The number of pyridine rings is 1. The fourth-order valence-corrected chi connectivity index (χ4v) is 1.59. The van der Waals surface area contributed by atoms with Crippen LogP contribution < -0.4 is 11.3 Å². The van der Waals surface area contributed by atoms with Gasteiger partial charge in [0.1, 0.15) is 0 Å². The van der Waals surface area contributed by atoms with Crippen molar-refractivity contribution < 1.29 is 0 Å². The molecule has 0 aliphatic heterocycles. The fraction of sp³-hybridized carbons (Fsp3) is 0.250. The molecule has 0 atom stereocenters. The lowest BCUT2D eigenvalue weighted by molar-refractivity contribution is 0.612. The lowest BCUT2D eigenvalue weighted by Crippen LogP contribution is -2.25. The van der Waals surface area contributed by atoms with Gasteiger partial charge in [-0.05, 0) is 24.6 Å². The maximum Gasteiger partial charge on any atom is 0.267 e. The standard InChI is InChI=1S/C12H14N4O/c1-9-10(7-13)6-12(17)16(15-9)8-11-4-2-3-5-14-11/h2-6H,7-8,13H2,1H3. The molecule has 88 valence electrons. The van der Waals surface area contributed by atoms with Crippen LogP contribution in [0.25, 0.3) is 0 Å². The van der Waals surface area contributed by atoms with Crippen LogP contribution in [0, 0.1) is 6.92 Å². The highest BCUT2D eigenvalue weighted by Crippen LogP contribution is 2.00. The van der Waals surface area contributed by atoms with Crippen LogP contribution in [0.2, 0.25) is 0 Å². The van der Waals surface area contributed by atoms with Gasteiger partial charge in [0.25, 0.3) is 5.56 Å². The van der Waals surface area contributed by atoms with Gasteiger partial charge in [0.05, 0.1) is 17.9 Å². The van der Waals surface area contributed by atoms with E-state index in [0.29, 0.717) is 13.1 Å². The van der Waals surface area contributed by atoms with Crippen molar-refractivity contribution in [1.82, 2.24) is 14.8 Å². The van der Waals surface area contributed by atoms with Crippen molar-refractivity contribution in [1.29, 1.82) is 0 Å². The van der Waals surface area contributed by atoms with E-state index in [1.807, 2.05) is 25.1 Å². The molecule has 5 heteroatoms. The average molecular weight is 230 g/mol. The summed E-state index contributed by atoms with van der Waals surface area (Å²) >= 11 is 0. The maximum absolute atomic E-state index is 11.8. The number of hydrogen-bond acceptors (Lipinski definition) is 4. The molecule has 0 unspecified atom stereocenters. The molecule has 2 aromatic heterocycles. The third-order valence-corrected chi connectivity index (χ3v) is 2.55. The van der Waals surface area contributed by atoms with Gasteiger partial charge in [0, 0.05) is 18.8 Å². The third kappa shape index (κ3) is 2.57. The van der Waals surface area contributed by atoms with E-state index in [-0.39, 0.29) is 5.56 Å². The maximum atomic E-state index is 11.8. The first kappa shape index (κ1) is 11.5. The number of aryl methyl sites for hydroxylation is 1. The Morgan fingerprint density at radius 1 is 1.41 bits per heavy atom. The number of nitrogens with two attached hydrogens (primary N) is 1. The minimum atomic E-state index is -0.151. The monoisotopic (exact) mass is 230 g/mol. The van der Waals surface area contributed by atoms with Gasteiger partial charge in [-0.15, -0.1) is 0 Å². The van der Waals surface area contributed by atoms with Crippen molar-refractivity contribution in [3.8, 4) is 0 Å². The topological polar surface area (TPSA) is 73.8 Å². The number of aromatic nitrogens is 3. The second kappa shape index (κ2) is 4.88. The summed E-state index contributed by atoms with van der Waals surface area (Å²) in [5.74, 6) is 0. The van der Waals surface area contributed by atoms with Gasteiger partial charge < -0.3 is 5.73 Å². The Bertz CT molecular complexity index is 562. The van der Waals surface area contributed by atoms with Crippen molar-refractivity contribution in [2.45, 2.75) is 20.0 Å². The summed E-state index contributed by atoms with van der Waals surface area (Å²) in [5, 5.41) is 4.22. The normalized spacial score (nSPS) is 10.5. The highest BCUT2D eigenvalue weighted by molar-refractivity contribution is 5.16. The molecule has 2 rings (SSSR count). The predicted molar refractivity (Wildman–Crippen MR) is 64.5 cm³/mol. The smallest absolute Gasteiger partial charge is 0.267 e. The summed E-state index contributed by atoms with van der Waals surface area (Å²) in [6, 6.07) is 7.11. The first-order valence-electron chi connectivity index (χ1n) is 5.38. The van der Waals surface area contributed by atoms with Gasteiger partial charge in [-0.2, -0.15) is 5.10 Å². The zero-order chi connectivity index (χ0) is 12.3. The summed E-state index contributed by atoms with van der Waals surface area (Å²) in [6.07, 6.45) is 1.70. The second-order valence-corrected chi connectivity index (χ2v) is 3.78. The lowest BCUT2D eigenvalue weighted by Gasteiger charge is -2.07. The highest BCUT2D eigenvalue weighted by Gasteiger charge is 2.04. The Kier molecular flexibility index (Phi) is 3.30. The van der Waals surface area contributed by atoms with Crippen LogP contribution in [0.5, 0.6) is 0 Å². The van der Waals surface area contributed by atoms with Crippen LogP contribution >= 0.6 is 0 Å². The van der Waals surface area contributed by atoms with Crippen LogP contribution in [-0.2, 0) is 13.1 Å². The average Bonchev–Trinajstić information content (AvgIpc) is 2.34. The Morgan fingerprint density at radius 2 is 2.24 bits per heavy atom. The van der Waals surface area contributed by atoms with E-state index in [1.54, 1.807) is 6.20 Å². The van der Waals surface area contributed by atoms with Crippen molar-refractivity contribution in [2.24, 2.45) is 5.73 Å². The lowest BCUT2D eigenvalue weighted by atomic mass is 10.2. The van der Waals surface area contributed by atoms with Crippen molar-refractivity contribution >= 4 is 0 Å². The van der Waals surface area contributed by atoms with E-state index < -0.39 is 0 Å². The summed E-state index contributed by atoms with van der Waals surface area (Å²) in [4.78, 5) is 15.9. The summed E-state index contributed by atoms with van der Waals surface area (Å²) in [5.41, 5.74) is 7.74. The molecule has 2 N–H and O–H groups in total. The second-order valence-electron chi connectivity index (χ2n) is 3.78. The van der Waals surface area contributed by atoms with Crippen molar-refractivity contribution in [2.75, 3.05) is 0 Å². The minimum absolute atomic E-state index is 0.151. The molecule has 0 saturated heterocycles. The van der Waals surface area contributed by atoms with E-state index in [1.165, 1.54) is 10.7 Å². The van der Waals surface area contributed by atoms with Gasteiger partial charge >= 0.3 is 0 Å². The molecule has 0 aliphatic carbocycles. The Morgan fingerprint density at radius 3 is 2.88 bits per heavy atom. The van der Waals surface area contributed by atoms with Gasteiger partial charge in [-0.25, -0.2) is 4.68 Å². The first-order chi connectivity index (χ1) is 8.20. The molecule has 0 spiro atoms. The van der Waals surface area contributed by atoms with E-state index in [0.717, 1.165) is 17.0 Å². The Labute approximate surface area is 98.9 Å². The number of hydrogen-bond donors (Lipinski definition) is 1. The van der Waals surface area contributed by atoms with Crippen LogP contribution in [0.4, 0.5) is 0 Å². The van der Waals surface area contributed by atoms with E-state index in [9.17, 15) is 4.79 Å². The largest absolute Gasteiger partial charge is 0.326 e. The Balaban J connectivity index is 2.34. The van der Waals surface area contributed by atoms with E-state index in [4.69, 9.17) is 5.73 Å². The summed E-state index contributed by atoms with van der Waals surface area (Å²) in [7, 11) is 0. The molecule has 0 aromatic carbocycles. The van der Waals surface area contributed by atoms with Crippen LogP contribution in [0.3, 0.4) is 0 Å². The molecule has 0 fully saturated rings. The third-order valence-electron chi connectivity index (χ3n) is 2.55. The first-order valence-corrected chi connectivity index (χ1v) is 5.38. The molecule has 0 aliphatic rings. The van der Waals surface area contributed by atoms with Gasteiger partial charge in [-0.1, -0.05) is 6.07 Å². The van der Waals surface area contributed by atoms with Crippen molar-refractivity contribution in [3.63, 3.8) is 0 Å². The SMILES string of the molecule is Cc1nn(Cc2ccccn2)c(=O)cc1CN. The molecule has 5 nitrogen and oxygen atoms in total. The molecular formula is C12H14N4O. The molecule has 0 saturated carbocycles. The molecule has 17 heavy (non-hydrogen) atoms. The Hall–Kier alpha value is -2.01. The zero-order valence-corrected chi connectivity index (χ0v) is 9.63. The number of rotatable bonds is 3. The highest BCUT2D eigenvalue weighted by atomic mass is 16.1. The van der Waals surface area contributed by atoms with Crippen LogP contribution in [-0.4, -0.2) is 14.8 Å². The van der Waals surface area contributed by atoms with Gasteiger partial charge in [0.15, 0.2) is 0 Å². The predicted octanol–water partition coefficient (Wildman–Crippen LogP) is 0.454. The minimum Gasteiger partial charge on any atom is -0.326 e. The summed E-state index contributed by atoms with van der Waals surface area (Å²) in [6.45, 7) is 2.56. The fourth-order valence-electron chi connectivity index (χ4n) is 1.59. The molecule has 0 bridgehead atoms. The summed E-state index contributed by atoms with van der Waals surface area (Å²) < 4.78 is 1.40. The molecular weight excluding hydrogens is 216 g/mol. The molecule has 2 heterocycles. The van der Waals surface area contributed by atoms with Crippen LogP contribution in [0.1, 0.15) is 17.0 Å². The van der Waals surface area contributed by atoms with Crippen LogP contribution in [0.15, 0.2) is 35.3 Å². The quantitative estimate of drug-likeness (QED) is 0.831. The molecule has 2 aromatic rings. The van der Waals surface area contributed by atoms with Gasteiger partial charge in [0.2, 0.25) is 0 Å². The van der Waals surface area contributed by atoms with E-state index in [2.05, 4.69) is 10.1 Å². The van der Waals surface area contributed by atoms with Gasteiger partial charge in [-0.3, -0.25) is 9.78 Å². The van der Waals surface area contributed by atoms with E-state index >= 15 is 0 Å².